The third-order valence-electron chi connectivity index (χ3n) is 12.7. The van der Waals surface area contributed by atoms with Crippen LogP contribution in [0.15, 0.2) is 205 Å². The normalized spacial score (nSPS) is 21.8. The Morgan fingerprint density at radius 3 is 1.18 bits per heavy atom. The van der Waals surface area contributed by atoms with Crippen LogP contribution in [-0.2, 0) is 47.4 Å². The Kier molecular flexibility index (Phi) is 20.2. The van der Waals surface area contributed by atoms with Crippen molar-refractivity contribution in [1.29, 1.82) is 0 Å². The molecule has 0 amide bonds. The van der Waals surface area contributed by atoms with Gasteiger partial charge in [0.1, 0.15) is 6.10 Å². The predicted molar refractivity (Wildman–Crippen MR) is 287 cm³/mol. The molecule has 0 spiro atoms. The van der Waals surface area contributed by atoms with Gasteiger partial charge in [0.05, 0.1) is 53.2 Å². The Labute approximate surface area is 457 Å². The highest BCUT2D eigenvalue weighted by Gasteiger charge is 2.55. The van der Waals surface area contributed by atoms with E-state index in [2.05, 4.69) is 6.08 Å². The van der Waals surface area contributed by atoms with Gasteiger partial charge < -0.3 is 47.4 Å². The highest BCUT2D eigenvalue weighted by molar-refractivity contribution is 5.92. The number of benzene rings is 6. The molecule has 2 fully saturated rings. The summed E-state index contributed by atoms with van der Waals surface area (Å²) in [6, 6.07) is 48.3. The van der Waals surface area contributed by atoms with Crippen LogP contribution in [0.5, 0.6) is 0 Å². The molecule has 79 heavy (non-hydrogen) atoms. The van der Waals surface area contributed by atoms with E-state index in [9.17, 15) is 28.8 Å². The van der Waals surface area contributed by atoms with Crippen molar-refractivity contribution < 1.29 is 76.1 Å². The van der Waals surface area contributed by atoms with Crippen molar-refractivity contribution in [3.8, 4) is 0 Å². The Morgan fingerprint density at radius 2 is 0.772 bits per heavy atom. The van der Waals surface area contributed by atoms with Crippen LogP contribution in [0.3, 0.4) is 0 Å². The summed E-state index contributed by atoms with van der Waals surface area (Å²) in [5, 5.41) is 0. The lowest BCUT2D eigenvalue weighted by atomic mass is 9.97. The van der Waals surface area contributed by atoms with Crippen LogP contribution in [0, 0.1) is 0 Å². The molecule has 16 nitrogen and oxygen atoms in total. The average molecular weight is 1070 g/mol. The summed E-state index contributed by atoms with van der Waals surface area (Å²) < 4.78 is 63.0. The minimum Gasteiger partial charge on any atom is -0.452 e. The predicted octanol–water partition coefficient (Wildman–Crippen LogP) is 10.1. The molecule has 6 aromatic rings. The summed E-state index contributed by atoms with van der Waals surface area (Å²) in [6.07, 6.45) is -8.72. The van der Waals surface area contributed by atoms with Gasteiger partial charge in [0.2, 0.25) is 0 Å². The zero-order valence-corrected chi connectivity index (χ0v) is 43.7. The van der Waals surface area contributed by atoms with Gasteiger partial charge in [-0.2, -0.15) is 0 Å². The van der Waals surface area contributed by atoms with Crippen LogP contribution in [0.1, 0.15) is 95.8 Å². The van der Waals surface area contributed by atoms with E-state index in [1.54, 1.807) is 121 Å². The number of ether oxygens (including phenoxy) is 10. The van der Waals surface area contributed by atoms with Gasteiger partial charge in [-0.05, 0) is 106 Å². The lowest BCUT2D eigenvalue weighted by Gasteiger charge is -2.45. The average Bonchev–Trinajstić information content (AvgIpc) is 3.56. The minimum atomic E-state index is -1.67. The molecular weight excluding hydrogens is 1010 g/mol. The number of allylic oxidation sites excluding steroid dienone is 3. The van der Waals surface area contributed by atoms with Crippen molar-refractivity contribution in [2.24, 2.45) is 0 Å². The number of esters is 6. The molecule has 2 saturated heterocycles. The third kappa shape index (κ3) is 15.8. The molecule has 0 bridgehead atoms. The molecule has 0 N–H and O–H groups in total. The second kappa shape index (κ2) is 28.2. The van der Waals surface area contributed by atoms with Gasteiger partial charge in [-0.1, -0.05) is 132 Å². The van der Waals surface area contributed by atoms with Crippen molar-refractivity contribution in [2.45, 2.75) is 88.9 Å². The highest BCUT2D eigenvalue weighted by atomic mass is 16.8. The molecule has 0 unspecified atom stereocenters. The number of hydrogen-bond acceptors (Lipinski definition) is 16. The lowest BCUT2D eigenvalue weighted by Crippen LogP contribution is -2.64. The molecule has 0 saturated carbocycles. The van der Waals surface area contributed by atoms with Crippen LogP contribution < -0.4 is 0 Å². The van der Waals surface area contributed by atoms with E-state index in [-0.39, 0.29) is 40.0 Å². The maximum Gasteiger partial charge on any atom is 0.338 e. The molecule has 0 aromatic heterocycles. The molecule has 8 rings (SSSR count). The summed E-state index contributed by atoms with van der Waals surface area (Å²) >= 11 is 0. The van der Waals surface area contributed by atoms with E-state index in [0.717, 1.165) is 12.0 Å². The smallest absolute Gasteiger partial charge is 0.338 e. The molecule has 16 heteroatoms. The van der Waals surface area contributed by atoms with Gasteiger partial charge in [-0.3, -0.25) is 0 Å². The number of carbonyl (C=O) groups is 6. The van der Waals surface area contributed by atoms with E-state index in [1.165, 1.54) is 66.2 Å². The number of hydrogen-bond donors (Lipinski definition) is 0. The Bertz CT molecular complexity index is 3020. The Hall–Kier alpha value is -8.54. The largest absolute Gasteiger partial charge is 0.452 e. The van der Waals surface area contributed by atoms with Crippen molar-refractivity contribution in [2.75, 3.05) is 19.8 Å². The van der Waals surface area contributed by atoms with E-state index in [1.807, 2.05) is 26.8 Å². The van der Waals surface area contributed by atoms with Crippen LogP contribution in [-0.4, -0.2) is 111 Å². The fourth-order valence-corrected chi connectivity index (χ4v) is 8.58. The van der Waals surface area contributed by atoms with Gasteiger partial charge in [0.15, 0.2) is 49.2 Å². The van der Waals surface area contributed by atoms with Crippen LogP contribution in [0.4, 0.5) is 0 Å². The van der Waals surface area contributed by atoms with E-state index in [0.29, 0.717) is 6.42 Å². The van der Waals surface area contributed by atoms with Crippen LogP contribution in [0.25, 0.3) is 0 Å². The quantitative estimate of drug-likeness (QED) is 0.0375. The minimum absolute atomic E-state index is 0.0765. The molecule has 6 aromatic carbocycles. The molecule has 0 aliphatic carbocycles. The van der Waals surface area contributed by atoms with Gasteiger partial charge in [-0.15, -0.1) is 0 Å². The maximum absolute atomic E-state index is 14.3. The molecule has 2 aliphatic rings. The summed E-state index contributed by atoms with van der Waals surface area (Å²) in [5.41, 5.74) is 2.95. The zero-order valence-electron chi connectivity index (χ0n) is 43.7. The molecular formula is C63H60O16. The first-order chi connectivity index (χ1) is 38.4. The standard InChI is InChI=1S/C63H60O16/c1-41(2)23-22-24-42(3)37-38-70-63-55(79-61(69)48-35-20-9-21-36-48)53(77-59(67)46-31-16-7-17-32-46)51(75-57(65)44-27-12-5-13-28-44)50(74-63)40-72-62-54(78-60(68)47-33-18-8-19-34-47)52(76-58(66)45-29-14-6-15-30-45)49(39-71-62)73-56(64)43-25-10-4-11-26-43/h4-21,23,25-37,49-55,62-63H,22,24,38-40H2,1-3H3/b42-37+/t49-,50+,51+,52-,53-,54+,55+,62-,63+/m0/s1. The molecule has 2 aliphatic heterocycles. The summed E-state index contributed by atoms with van der Waals surface area (Å²) in [5.74, 6) is -5.10. The van der Waals surface area contributed by atoms with E-state index >= 15 is 0 Å². The molecule has 9 atom stereocenters. The molecule has 0 radical (unpaired) electrons. The van der Waals surface area contributed by atoms with Crippen molar-refractivity contribution in [3.05, 3.63) is 239 Å². The maximum atomic E-state index is 14.3. The zero-order chi connectivity index (χ0) is 55.5. The van der Waals surface area contributed by atoms with Crippen molar-refractivity contribution in [3.63, 3.8) is 0 Å². The lowest BCUT2D eigenvalue weighted by molar-refractivity contribution is -0.316. The van der Waals surface area contributed by atoms with Crippen LogP contribution >= 0.6 is 0 Å². The SMILES string of the molecule is CC(C)=CCC/C(C)=C/CO[C@@H]1O[C@H](CO[C@@H]2OC[C@H](OC(=O)c3ccccc3)[C@H](OC(=O)c3ccccc3)[C@H]2OC(=O)c2ccccc2)[C@@H](OC(=O)c2ccccc2)[C@H](OC(=O)c2ccccc2)[C@H]1OC(=O)c1ccccc1. The van der Waals surface area contributed by atoms with Crippen molar-refractivity contribution >= 4 is 35.8 Å². The molecule has 2 heterocycles. The summed E-state index contributed by atoms with van der Waals surface area (Å²) in [4.78, 5) is 84.5. The fourth-order valence-electron chi connectivity index (χ4n) is 8.58. The number of rotatable bonds is 21. The third-order valence-corrected chi connectivity index (χ3v) is 12.7. The first-order valence-corrected chi connectivity index (χ1v) is 25.8. The van der Waals surface area contributed by atoms with Gasteiger partial charge in [0.25, 0.3) is 0 Å². The summed E-state index contributed by atoms with van der Waals surface area (Å²) in [6.45, 7) is 4.84. The topological polar surface area (TPSA) is 195 Å². The van der Waals surface area contributed by atoms with Crippen LogP contribution in [0.2, 0.25) is 0 Å². The second-order valence-corrected chi connectivity index (χ2v) is 18.8. The van der Waals surface area contributed by atoms with Gasteiger partial charge in [-0.25, -0.2) is 28.8 Å². The monoisotopic (exact) mass is 1070 g/mol. The Balaban J connectivity index is 1.19. The first kappa shape index (κ1) is 56.7. The van der Waals surface area contributed by atoms with E-state index < -0.39 is 104 Å². The Morgan fingerprint density at radius 1 is 0.418 bits per heavy atom. The van der Waals surface area contributed by atoms with Gasteiger partial charge >= 0.3 is 35.8 Å². The second-order valence-electron chi connectivity index (χ2n) is 18.8. The first-order valence-electron chi connectivity index (χ1n) is 25.8. The fraction of sp³-hybridized carbons (Fsp3) is 0.270. The van der Waals surface area contributed by atoms with Crippen molar-refractivity contribution in [1.82, 2.24) is 0 Å². The van der Waals surface area contributed by atoms with E-state index in [4.69, 9.17) is 47.4 Å². The molecule has 408 valence electrons. The number of carbonyl (C=O) groups excluding carboxylic acids is 6. The summed E-state index contributed by atoms with van der Waals surface area (Å²) in [7, 11) is 0. The highest BCUT2D eigenvalue weighted by Crippen LogP contribution is 2.34. The van der Waals surface area contributed by atoms with Gasteiger partial charge in [0, 0.05) is 0 Å².